The van der Waals surface area contributed by atoms with Gasteiger partial charge < -0.3 is 14.8 Å². The molecule has 9 nitrogen and oxygen atoms in total. The van der Waals surface area contributed by atoms with E-state index < -0.39 is 10.0 Å². The molecule has 10 heteroatoms. The summed E-state index contributed by atoms with van der Waals surface area (Å²) >= 11 is 0. The van der Waals surface area contributed by atoms with Crippen molar-refractivity contribution in [2.45, 2.75) is 38.9 Å². The molecule has 1 atom stereocenters. The molecule has 1 unspecified atom stereocenters. The molecule has 1 saturated heterocycles. The lowest BCUT2D eigenvalue weighted by Gasteiger charge is -2.32. The summed E-state index contributed by atoms with van der Waals surface area (Å²) < 4.78 is 27.0. The van der Waals surface area contributed by atoms with Gasteiger partial charge >= 0.3 is 6.03 Å². The van der Waals surface area contributed by atoms with E-state index in [2.05, 4.69) is 20.2 Å². The minimum atomic E-state index is -3.26. The third-order valence-electron chi connectivity index (χ3n) is 3.52. The van der Waals surface area contributed by atoms with Crippen molar-refractivity contribution in [2.75, 3.05) is 19.3 Å². The first kappa shape index (κ1) is 16.7. The van der Waals surface area contributed by atoms with Crippen molar-refractivity contribution in [1.82, 2.24) is 29.7 Å². The molecular formula is C12H22N6O3S. The highest BCUT2D eigenvalue weighted by Crippen LogP contribution is 2.11. The molecule has 2 heterocycles. The van der Waals surface area contributed by atoms with Crippen LogP contribution in [-0.2, 0) is 23.1 Å². The van der Waals surface area contributed by atoms with Gasteiger partial charge in [0.25, 0.3) is 0 Å². The van der Waals surface area contributed by atoms with Crippen LogP contribution in [0.15, 0.2) is 6.33 Å². The largest absolute Gasteiger partial charge is 0.331 e. The topological polar surface area (TPSA) is 109 Å². The average molecular weight is 330 g/mol. The van der Waals surface area contributed by atoms with Crippen LogP contribution in [0.25, 0.3) is 0 Å². The summed E-state index contributed by atoms with van der Waals surface area (Å²) in [5.41, 5.74) is 0. The second-order valence-electron chi connectivity index (χ2n) is 5.37. The molecule has 0 spiro atoms. The summed E-state index contributed by atoms with van der Waals surface area (Å²) in [6.45, 7) is 4.00. The number of sulfonamides is 1. The quantitative estimate of drug-likeness (QED) is 0.758. The Hall–Kier alpha value is -1.68. The monoisotopic (exact) mass is 330 g/mol. The number of aryl methyl sites for hydroxylation is 1. The van der Waals surface area contributed by atoms with Crippen molar-refractivity contribution in [3.63, 3.8) is 0 Å². The summed E-state index contributed by atoms with van der Waals surface area (Å²) in [6, 6.07) is -0.445. The second-order valence-corrected chi connectivity index (χ2v) is 7.15. The molecule has 1 fully saturated rings. The zero-order valence-corrected chi connectivity index (χ0v) is 13.6. The summed E-state index contributed by atoms with van der Waals surface area (Å²) in [5, 5.41) is 10.6. The van der Waals surface area contributed by atoms with Crippen molar-refractivity contribution in [3.8, 4) is 0 Å². The zero-order valence-electron chi connectivity index (χ0n) is 12.8. The minimum absolute atomic E-state index is 0.217. The van der Waals surface area contributed by atoms with Crippen molar-refractivity contribution in [1.29, 1.82) is 0 Å². The van der Waals surface area contributed by atoms with Crippen molar-refractivity contribution >= 4 is 16.1 Å². The van der Waals surface area contributed by atoms with Crippen LogP contribution < -0.4 is 10.0 Å². The van der Waals surface area contributed by atoms with E-state index >= 15 is 0 Å². The van der Waals surface area contributed by atoms with E-state index in [1.54, 1.807) is 11.2 Å². The van der Waals surface area contributed by atoms with E-state index in [1.807, 2.05) is 11.5 Å². The number of carbonyl (C=O) groups excluding carboxylic acids is 1. The fourth-order valence-electron chi connectivity index (χ4n) is 2.51. The molecule has 0 saturated carbocycles. The van der Waals surface area contributed by atoms with Crippen molar-refractivity contribution in [2.24, 2.45) is 0 Å². The lowest BCUT2D eigenvalue weighted by molar-refractivity contribution is 0.176. The van der Waals surface area contributed by atoms with Crippen molar-refractivity contribution in [3.05, 3.63) is 12.2 Å². The van der Waals surface area contributed by atoms with Gasteiger partial charge in [-0.1, -0.05) is 0 Å². The lowest BCUT2D eigenvalue weighted by atomic mass is 10.1. The van der Waals surface area contributed by atoms with E-state index in [1.165, 1.54) is 0 Å². The maximum Gasteiger partial charge on any atom is 0.317 e. The highest BCUT2D eigenvalue weighted by molar-refractivity contribution is 7.88. The molecule has 2 N–H and O–H groups in total. The molecule has 0 aromatic carbocycles. The van der Waals surface area contributed by atoms with Crippen LogP contribution in [0.4, 0.5) is 4.79 Å². The molecule has 1 aliphatic rings. The van der Waals surface area contributed by atoms with Crippen LogP contribution in [0.2, 0.25) is 0 Å². The molecular weight excluding hydrogens is 308 g/mol. The molecule has 1 aliphatic heterocycles. The van der Waals surface area contributed by atoms with Gasteiger partial charge in [-0.3, -0.25) is 0 Å². The Morgan fingerprint density at radius 2 is 2.27 bits per heavy atom. The Morgan fingerprint density at radius 3 is 2.95 bits per heavy atom. The Morgan fingerprint density at radius 1 is 1.50 bits per heavy atom. The Kier molecular flexibility index (Phi) is 5.35. The predicted molar refractivity (Wildman–Crippen MR) is 80.5 cm³/mol. The van der Waals surface area contributed by atoms with Crippen LogP contribution in [-0.4, -0.2) is 59.5 Å². The summed E-state index contributed by atoms with van der Waals surface area (Å²) in [7, 11) is -3.26. The zero-order chi connectivity index (χ0) is 16.2. The number of rotatable bonds is 5. The number of carbonyl (C=O) groups is 1. The van der Waals surface area contributed by atoms with Crippen LogP contribution in [0.3, 0.4) is 0 Å². The first-order valence-electron chi connectivity index (χ1n) is 7.26. The highest BCUT2D eigenvalue weighted by Gasteiger charge is 2.25. The van der Waals surface area contributed by atoms with E-state index in [4.69, 9.17) is 0 Å². The first-order chi connectivity index (χ1) is 10.4. The van der Waals surface area contributed by atoms with Crippen LogP contribution in [0.5, 0.6) is 0 Å². The average Bonchev–Trinajstić information content (AvgIpc) is 2.90. The fourth-order valence-corrected chi connectivity index (χ4v) is 3.30. The molecule has 0 radical (unpaired) electrons. The maximum absolute atomic E-state index is 12.2. The Bertz CT molecular complexity index is 614. The van der Waals surface area contributed by atoms with Gasteiger partial charge in [-0.25, -0.2) is 17.9 Å². The van der Waals surface area contributed by atoms with E-state index in [0.717, 1.165) is 25.6 Å². The summed E-state index contributed by atoms with van der Waals surface area (Å²) in [6.07, 6.45) is 4.25. The van der Waals surface area contributed by atoms with Gasteiger partial charge in [-0.15, -0.1) is 10.2 Å². The summed E-state index contributed by atoms with van der Waals surface area (Å²) in [4.78, 5) is 13.8. The highest BCUT2D eigenvalue weighted by atomic mass is 32.2. The number of hydrogen-bond donors (Lipinski definition) is 2. The third kappa shape index (κ3) is 4.67. The van der Waals surface area contributed by atoms with Crippen LogP contribution in [0.1, 0.15) is 25.6 Å². The SMILES string of the molecule is CCn1cnnc1CNC(=O)N1CCCC(NS(C)(=O)=O)C1. The Balaban J connectivity index is 1.87. The minimum Gasteiger partial charge on any atom is -0.331 e. The number of nitrogens with zero attached hydrogens (tertiary/aromatic N) is 4. The number of amides is 2. The van der Waals surface area contributed by atoms with Gasteiger partial charge in [0.05, 0.1) is 12.8 Å². The molecule has 0 bridgehead atoms. The number of urea groups is 1. The van der Waals surface area contributed by atoms with Gasteiger partial charge in [0.2, 0.25) is 10.0 Å². The van der Waals surface area contributed by atoms with E-state index in [-0.39, 0.29) is 12.1 Å². The normalized spacial score (nSPS) is 19.2. The number of likely N-dealkylation sites (tertiary alicyclic amines) is 1. The maximum atomic E-state index is 12.2. The lowest BCUT2D eigenvalue weighted by Crippen LogP contribution is -2.52. The van der Waals surface area contributed by atoms with Gasteiger partial charge in [-0.2, -0.15) is 0 Å². The number of piperidine rings is 1. The predicted octanol–water partition coefficient (Wildman–Crippen LogP) is -0.479. The molecule has 0 aliphatic carbocycles. The molecule has 22 heavy (non-hydrogen) atoms. The summed E-state index contributed by atoms with van der Waals surface area (Å²) in [5.74, 6) is 0.693. The van der Waals surface area contributed by atoms with Gasteiger partial charge in [0.1, 0.15) is 6.33 Å². The molecule has 1 aromatic heterocycles. The smallest absolute Gasteiger partial charge is 0.317 e. The van der Waals surface area contributed by atoms with Crippen LogP contribution in [0, 0.1) is 0 Å². The fraction of sp³-hybridized carbons (Fsp3) is 0.750. The standard InChI is InChI=1S/C12H22N6O3S/c1-3-17-9-14-15-11(17)7-13-12(19)18-6-4-5-10(8-18)16-22(2,20)21/h9-10,16H,3-8H2,1-2H3,(H,13,19). The molecule has 1 aromatic rings. The van der Waals surface area contributed by atoms with Gasteiger partial charge in [0, 0.05) is 25.7 Å². The van der Waals surface area contributed by atoms with Crippen molar-refractivity contribution < 1.29 is 13.2 Å². The van der Waals surface area contributed by atoms with Crippen LogP contribution >= 0.6 is 0 Å². The number of hydrogen-bond acceptors (Lipinski definition) is 5. The Labute approximate surface area is 130 Å². The van der Waals surface area contributed by atoms with E-state index in [0.29, 0.717) is 25.5 Å². The van der Waals surface area contributed by atoms with E-state index in [9.17, 15) is 13.2 Å². The van der Waals surface area contributed by atoms with Gasteiger partial charge in [-0.05, 0) is 19.8 Å². The molecule has 2 amide bonds. The molecule has 124 valence electrons. The number of aromatic nitrogens is 3. The third-order valence-corrected chi connectivity index (χ3v) is 4.28. The second kappa shape index (κ2) is 7.05. The first-order valence-corrected chi connectivity index (χ1v) is 9.15. The molecule has 2 rings (SSSR count). The van der Waals surface area contributed by atoms with Gasteiger partial charge in [0.15, 0.2) is 5.82 Å². The number of nitrogens with one attached hydrogen (secondary N) is 2.